The predicted molar refractivity (Wildman–Crippen MR) is 426 cm³/mol. The molecule has 0 saturated heterocycles. The van der Waals surface area contributed by atoms with Gasteiger partial charge in [0.05, 0.1) is 26.4 Å². The fourth-order valence-corrected chi connectivity index (χ4v) is 11.5. The van der Waals surface area contributed by atoms with Crippen molar-refractivity contribution in [3.05, 3.63) is 170 Å². The van der Waals surface area contributed by atoms with Crippen LogP contribution in [0, 0.1) is 0 Å². The number of aliphatic hydroxyl groups excluding tert-OH is 2. The maximum atomic E-state index is 13.0. The molecule has 5 unspecified atom stereocenters. The van der Waals surface area contributed by atoms with E-state index in [2.05, 4.69) is 191 Å². The van der Waals surface area contributed by atoms with Crippen LogP contribution >= 0.6 is 15.6 Å². The molecular weight excluding hydrogens is 1340 g/mol. The van der Waals surface area contributed by atoms with E-state index in [1.54, 1.807) is 0 Å². The third kappa shape index (κ3) is 77.8. The highest BCUT2D eigenvalue weighted by Gasteiger charge is 2.29. The van der Waals surface area contributed by atoms with Gasteiger partial charge in [-0.15, -0.1) is 0 Å². The molecule has 0 aromatic carbocycles. The molecule has 103 heavy (non-hydrogen) atoms. The second-order valence-electron chi connectivity index (χ2n) is 25.7. The highest BCUT2D eigenvalue weighted by atomic mass is 31.2. The Kier molecular flexibility index (Phi) is 72.8. The molecule has 0 aliphatic rings. The first-order chi connectivity index (χ1) is 50.2. The molecule has 16 nitrogen and oxygen atoms in total. The van der Waals surface area contributed by atoms with Crippen LogP contribution in [0.3, 0.4) is 0 Å². The SMILES string of the molecule is CC/C=C\C/C=C\C/C=C\C/C=C\C/C=C\C/C=C\CCCCCCCCCCCCCCC(=O)OCC(O)COP(=O)(O)OCC(O)COP(=O)(O)OCC(COC(=O)CCCC/C=C\C/C=C\C/C=C\C/C=C\C/C=C\C/C=C\CC)OC(=O)CCCCCCC/C=C\C/C=C\CCCCC. The standard InChI is InChI=1S/C85H140O16P2/c1-4-7-10-13-16-19-22-25-28-30-32-34-35-36-37-38-39-40-41-42-43-45-47-48-51-53-56-59-62-65-68-71-83(88)95-74-80(86)75-97-102(91,92)98-76-81(87)77-99-103(93,94)100-79-82(101-85(90)73-70-67-64-61-58-55-50-27-24-21-18-15-12-9-6-3)78-96-84(89)72-69-66-63-60-57-54-52-49-46-44-33-31-29-26-23-20-17-14-11-8-5-2/h7-8,10-11,16-21,25-29,32-34,36-37,39-40,44,49-50,52,57,60,80-82,86-87H,4-6,9,12-15,22-24,30-31,35,38,41-43,45-48,51,53-56,58-59,61-79H2,1-3H3,(H,91,92)(H,93,94)/b10-7-,11-8-,19-16-,20-17-,21-18-,28-25-,29-26-,34-32-,37-36-,40-39-,44-33-,50-27-,52-49-,60-57-. The summed E-state index contributed by atoms with van der Waals surface area (Å²) in [6, 6.07) is 0. The first-order valence-corrected chi connectivity index (χ1v) is 42.4. The predicted octanol–water partition coefficient (Wildman–Crippen LogP) is 23.2. The number of carbonyl (C=O) groups excluding carboxylic acids is 3. The monoisotopic (exact) mass is 1480 g/mol. The number of hydrogen-bond donors (Lipinski definition) is 4. The minimum Gasteiger partial charge on any atom is -0.463 e. The number of phosphoric ester groups is 2. The summed E-state index contributed by atoms with van der Waals surface area (Å²) in [4.78, 5) is 58.6. The molecule has 5 atom stereocenters. The van der Waals surface area contributed by atoms with Gasteiger partial charge in [-0.2, -0.15) is 0 Å². The Labute approximate surface area is 624 Å². The summed E-state index contributed by atoms with van der Waals surface area (Å²) in [6.45, 7) is 2.34. The second-order valence-corrected chi connectivity index (χ2v) is 28.7. The molecular formula is C85H140O16P2. The van der Waals surface area contributed by atoms with Gasteiger partial charge in [-0.05, 0) is 154 Å². The van der Waals surface area contributed by atoms with Crippen molar-refractivity contribution in [3.63, 3.8) is 0 Å². The van der Waals surface area contributed by atoms with E-state index in [1.807, 2.05) is 0 Å². The number of hydrogen-bond acceptors (Lipinski definition) is 14. The van der Waals surface area contributed by atoms with Gasteiger partial charge in [0, 0.05) is 19.3 Å². The fourth-order valence-electron chi connectivity index (χ4n) is 9.96. The molecule has 0 rings (SSSR count). The Hall–Kier alpha value is -5.09. The average Bonchev–Trinajstić information content (AvgIpc) is 0.922. The van der Waals surface area contributed by atoms with Crippen molar-refractivity contribution in [2.24, 2.45) is 0 Å². The lowest BCUT2D eigenvalue weighted by Crippen LogP contribution is -2.30. The molecule has 0 radical (unpaired) electrons. The van der Waals surface area contributed by atoms with Crippen LogP contribution in [0.5, 0.6) is 0 Å². The van der Waals surface area contributed by atoms with Gasteiger partial charge in [-0.3, -0.25) is 32.5 Å². The zero-order valence-electron chi connectivity index (χ0n) is 63.9. The lowest BCUT2D eigenvalue weighted by molar-refractivity contribution is -0.161. The van der Waals surface area contributed by atoms with Gasteiger partial charge in [-0.1, -0.05) is 287 Å². The molecule has 0 heterocycles. The first-order valence-electron chi connectivity index (χ1n) is 39.4. The number of esters is 3. The molecule has 586 valence electrons. The van der Waals surface area contributed by atoms with Gasteiger partial charge in [0.2, 0.25) is 0 Å². The van der Waals surface area contributed by atoms with Crippen molar-refractivity contribution in [1.29, 1.82) is 0 Å². The van der Waals surface area contributed by atoms with Crippen LogP contribution in [0.2, 0.25) is 0 Å². The zero-order valence-corrected chi connectivity index (χ0v) is 65.7. The van der Waals surface area contributed by atoms with E-state index in [-0.39, 0.29) is 19.3 Å². The maximum Gasteiger partial charge on any atom is 0.472 e. The number of unbranched alkanes of at least 4 members (excludes halogenated alkanes) is 22. The average molecular weight is 1480 g/mol. The Morgan fingerprint density at radius 2 is 0.515 bits per heavy atom. The molecule has 0 spiro atoms. The number of rotatable bonds is 73. The molecule has 0 fully saturated rings. The van der Waals surface area contributed by atoms with Crippen molar-refractivity contribution in [2.75, 3.05) is 39.6 Å². The maximum absolute atomic E-state index is 13.0. The Morgan fingerprint density at radius 1 is 0.282 bits per heavy atom. The highest BCUT2D eigenvalue weighted by molar-refractivity contribution is 7.47. The normalized spacial score (nSPS) is 14.9. The van der Waals surface area contributed by atoms with Crippen molar-refractivity contribution < 1.29 is 75.8 Å². The molecule has 0 aliphatic heterocycles. The Morgan fingerprint density at radius 3 is 0.835 bits per heavy atom. The smallest absolute Gasteiger partial charge is 0.463 e. The van der Waals surface area contributed by atoms with Crippen LogP contribution in [0.15, 0.2) is 170 Å². The van der Waals surface area contributed by atoms with Crippen LogP contribution in [-0.2, 0) is 55.8 Å². The highest BCUT2D eigenvalue weighted by Crippen LogP contribution is 2.45. The van der Waals surface area contributed by atoms with Gasteiger partial charge in [0.15, 0.2) is 6.10 Å². The lowest BCUT2D eigenvalue weighted by atomic mass is 10.0. The third-order valence-electron chi connectivity index (χ3n) is 15.9. The Balaban J connectivity index is 4.56. The molecule has 0 saturated carbocycles. The summed E-state index contributed by atoms with van der Waals surface area (Å²) in [6.07, 6.45) is 96.9. The van der Waals surface area contributed by atoms with Crippen molar-refractivity contribution >= 4 is 33.6 Å². The summed E-state index contributed by atoms with van der Waals surface area (Å²) in [5, 5.41) is 20.6. The summed E-state index contributed by atoms with van der Waals surface area (Å²) < 4.78 is 61.1. The van der Waals surface area contributed by atoms with E-state index >= 15 is 0 Å². The van der Waals surface area contributed by atoms with E-state index in [9.17, 15) is 43.5 Å². The number of carbonyl (C=O) groups is 3. The zero-order chi connectivity index (χ0) is 75.2. The minimum absolute atomic E-state index is 0.0735. The fraction of sp³-hybridized carbons (Fsp3) is 0.635. The van der Waals surface area contributed by atoms with E-state index in [0.29, 0.717) is 19.3 Å². The third-order valence-corrected chi connectivity index (χ3v) is 17.8. The van der Waals surface area contributed by atoms with Gasteiger partial charge in [0.25, 0.3) is 0 Å². The summed E-state index contributed by atoms with van der Waals surface area (Å²) in [7, 11) is -9.82. The van der Waals surface area contributed by atoms with Crippen LogP contribution in [0.25, 0.3) is 0 Å². The largest absolute Gasteiger partial charge is 0.472 e. The number of phosphoric acid groups is 2. The minimum atomic E-state index is -4.95. The molecule has 0 aliphatic carbocycles. The quantitative estimate of drug-likeness (QED) is 0.0146. The number of ether oxygens (including phenoxy) is 3. The van der Waals surface area contributed by atoms with E-state index in [1.165, 1.54) is 70.6 Å². The van der Waals surface area contributed by atoms with Gasteiger partial charge >= 0.3 is 33.6 Å². The molecule has 18 heteroatoms. The van der Waals surface area contributed by atoms with Crippen LogP contribution in [0.1, 0.15) is 290 Å². The van der Waals surface area contributed by atoms with Crippen molar-refractivity contribution in [3.8, 4) is 0 Å². The topological polar surface area (TPSA) is 231 Å². The lowest BCUT2D eigenvalue weighted by Gasteiger charge is -2.21. The molecule has 0 amide bonds. The van der Waals surface area contributed by atoms with Crippen LogP contribution < -0.4 is 0 Å². The van der Waals surface area contributed by atoms with E-state index in [4.69, 9.17) is 32.3 Å². The molecule has 0 bridgehead atoms. The summed E-state index contributed by atoms with van der Waals surface area (Å²) in [5.41, 5.74) is 0. The second kappa shape index (κ2) is 76.6. The van der Waals surface area contributed by atoms with Crippen molar-refractivity contribution in [2.45, 2.75) is 309 Å². The summed E-state index contributed by atoms with van der Waals surface area (Å²) >= 11 is 0. The van der Waals surface area contributed by atoms with Crippen LogP contribution in [0.4, 0.5) is 0 Å². The molecule has 0 aromatic rings. The number of aliphatic hydroxyl groups is 2. The Bertz CT molecular complexity index is 2550. The van der Waals surface area contributed by atoms with Crippen LogP contribution in [-0.4, -0.2) is 95.9 Å². The molecule has 4 N–H and O–H groups in total. The van der Waals surface area contributed by atoms with E-state index in [0.717, 1.165) is 161 Å². The van der Waals surface area contributed by atoms with Crippen molar-refractivity contribution in [1.82, 2.24) is 0 Å². The van der Waals surface area contributed by atoms with Gasteiger partial charge in [0.1, 0.15) is 25.4 Å². The van der Waals surface area contributed by atoms with E-state index < -0.39 is 91.5 Å². The van der Waals surface area contributed by atoms with Gasteiger partial charge in [-0.25, -0.2) is 9.13 Å². The number of allylic oxidation sites excluding steroid dienone is 28. The van der Waals surface area contributed by atoms with Gasteiger partial charge < -0.3 is 34.2 Å². The first kappa shape index (κ1) is 97.9. The molecule has 0 aromatic heterocycles. The summed E-state index contributed by atoms with van der Waals surface area (Å²) in [5.74, 6) is -1.65.